The molecule has 0 radical (unpaired) electrons. The topological polar surface area (TPSA) is 81.8 Å². The van der Waals surface area contributed by atoms with Crippen LogP contribution >= 0.6 is 0 Å². The number of aromatic nitrogens is 4. The summed E-state index contributed by atoms with van der Waals surface area (Å²) in [6.07, 6.45) is -3.00. The lowest BCUT2D eigenvalue weighted by molar-refractivity contribution is -0.137. The lowest BCUT2D eigenvalue weighted by Gasteiger charge is -2.15. The minimum atomic E-state index is -4.51. The van der Waals surface area contributed by atoms with Crippen LogP contribution in [0, 0.1) is 5.95 Å². The fourth-order valence-corrected chi connectivity index (χ4v) is 4.21. The van der Waals surface area contributed by atoms with E-state index in [1.165, 1.54) is 45.8 Å². The number of benzene rings is 2. The van der Waals surface area contributed by atoms with E-state index >= 15 is 0 Å². The van der Waals surface area contributed by atoms with Crippen molar-refractivity contribution < 1.29 is 22.4 Å². The molecule has 1 N–H and O–H groups in total. The Balaban J connectivity index is 1.62. The van der Waals surface area contributed by atoms with Gasteiger partial charge in [-0.05, 0) is 61.5 Å². The van der Waals surface area contributed by atoms with Crippen LogP contribution in [-0.4, -0.2) is 25.2 Å². The molecule has 0 aliphatic carbocycles. The monoisotopic (exact) mass is 509 g/mol. The molecule has 0 aliphatic rings. The maximum atomic E-state index is 13.5. The van der Waals surface area contributed by atoms with Crippen LogP contribution in [-0.2, 0) is 13.2 Å². The molecule has 37 heavy (non-hydrogen) atoms. The minimum absolute atomic E-state index is 0.233. The van der Waals surface area contributed by atoms with Crippen LogP contribution in [0.1, 0.15) is 34.6 Å². The van der Waals surface area contributed by atoms with E-state index in [9.17, 15) is 27.2 Å². The average molecular weight is 509 g/mol. The van der Waals surface area contributed by atoms with E-state index < -0.39 is 35.2 Å². The number of pyridine rings is 2. The second-order valence-corrected chi connectivity index (χ2v) is 8.56. The third-order valence-electron chi connectivity index (χ3n) is 6.00. The Kier molecular flexibility index (Phi) is 5.77. The predicted octanol–water partition coefficient (Wildman–Crippen LogP) is 4.92. The number of alkyl halides is 3. The second kappa shape index (κ2) is 8.84. The first-order chi connectivity index (χ1) is 17.5. The van der Waals surface area contributed by atoms with Crippen molar-refractivity contribution in [2.24, 2.45) is 7.05 Å². The standard InChI is InChI=1S/C26H19F4N5O2/c1-14(20-4-3-5-22(27)32-20)31-24(36)15-6-11-21-18(12-15)23-19(13-34(2)33-23)25(37)35(21)17-9-7-16(8-10-17)26(28,29)30/h3-14H,1-2H3,(H,31,36)/t14-/m0/s1. The van der Waals surface area contributed by atoms with Crippen LogP contribution in [0.3, 0.4) is 0 Å². The van der Waals surface area contributed by atoms with Gasteiger partial charge in [0.2, 0.25) is 5.95 Å². The third-order valence-corrected chi connectivity index (χ3v) is 6.00. The zero-order chi connectivity index (χ0) is 26.5. The molecule has 0 spiro atoms. The van der Waals surface area contributed by atoms with Crippen LogP contribution in [0.2, 0.25) is 0 Å². The zero-order valence-electron chi connectivity index (χ0n) is 19.5. The van der Waals surface area contributed by atoms with Gasteiger partial charge in [-0.3, -0.25) is 18.8 Å². The second-order valence-electron chi connectivity index (χ2n) is 8.56. The number of fused-ring (bicyclic) bond motifs is 3. The predicted molar refractivity (Wildman–Crippen MR) is 129 cm³/mol. The smallest absolute Gasteiger partial charge is 0.344 e. The van der Waals surface area contributed by atoms with Crippen LogP contribution in [0.4, 0.5) is 17.6 Å². The molecule has 2 aromatic carbocycles. The summed E-state index contributed by atoms with van der Waals surface area (Å²) in [5.41, 5.74) is 0.247. The van der Waals surface area contributed by atoms with Crippen molar-refractivity contribution in [3.8, 4) is 5.69 Å². The first kappa shape index (κ1) is 24.2. The van der Waals surface area contributed by atoms with Gasteiger partial charge >= 0.3 is 6.18 Å². The lowest BCUT2D eigenvalue weighted by atomic mass is 10.1. The highest BCUT2D eigenvalue weighted by molar-refractivity contribution is 6.07. The Morgan fingerprint density at radius 1 is 1.03 bits per heavy atom. The molecule has 11 heteroatoms. The summed E-state index contributed by atoms with van der Waals surface area (Å²) in [5, 5.41) is 7.84. The van der Waals surface area contributed by atoms with Gasteiger partial charge in [0.25, 0.3) is 11.5 Å². The number of nitrogens with one attached hydrogen (secondary N) is 1. The maximum Gasteiger partial charge on any atom is 0.416 e. The van der Waals surface area contributed by atoms with Gasteiger partial charge in [0, 0.05) is 29.9 Å². The molecule has 5 rings (SSSR count). The molecule has 0 unspecified atom stereocenters. The van der Waals surface area contributed by atoms with Crippen LogP contribution in [0.5, 0.6) is 0 Å². The third kappa shape index (κ3) is 4.44. The van der Waals surface area contributed by atoms with Crippen LogP contribution in [0.15, 0.2) is 71.7 Å². The van der Waals surface area contributed by atoms with Gasteiger partial charge in [-0.25, -0.2) is 4.98 Å². The Morgan fingerprint density at radius 3 is 2.43 bits per heavy atom. The quantitative estimate of drug-likeness (QED) is 0.276. The van der Waals surface area contributed by atoms with E-state index in [0.717, 1.165) is 12.1 Å². The summed E-state index contributed by atoms with van der Waals surface area (Å²) >= 11 is 0. The Morgan fingerprint density at radius 2 is 1.76 bits per heavy atom. The number of halogens is 4. The van der Waals surface area contributed by atoms with Gasteiger partial charge < -0.3 is 5.32 Å². The van der Waals surface area contributed by atoms with Crippen molar-refractivity contribution in [2.75, 3.05) is 0 Å². The van der Waals surface area contributed by atoms with E-state index in [-0.39, 0.29) is 16.6 Å². The summed E-state index contributed by atoms with van der Waals surface area (Å²) in [7, 11) is 1.64. The summed E-state index contributed by atoms with van der Waals surface area (Å²) < 4.78 is 55.4. The van der Waals surface area contributed by atoms with E-state index in [4.69, 9.17) is 0 Å². The Labute approximate surface area is 207 Å². The number of nitrogens with zero attached hydrogens (tertiary/aromatic N) is 4. The number of aryl methyl sites for hydroxylation is 1. The molecule has 0 fully saturated rings. The van der Waals surface area contributed by atoms with Gasteiger partial charge in [0.05, 0.1) is 28.2 Å². The molecule has 3 heterocycles. The number of carbonyl (C=O) groups excluding carboxylic acids is 1. The average Bonchev–Trinajstić information content (AvgIpc) is 3.26. The SMILES string of the molecule is C[C@H](NC(=O)c1ccc2c(c1)c1nn(C)cc1c(=O)n2-c1ccc(C(F)(F)F)cc1)c1cccc(F)n1. The summed E-state index contributed by atoms with van der Waals surface area (Å²) in [6.45, 7) is 1.67. The molecular weight excluding hydrogens is 490 g/mol. The fourth-order valence-electron chi connectivity index (χ4n) is 4.21. The molecule has 3 aromatic heterocycles. The molecule has 0 saturated heterocycles. The van der Waals surface area contributed by atoms with Crippen molar-refractivity contribution in [2.45, 2.75) is 19.1 Å². The maximum absolute atomic E-state index is 13.5. The van der Waals surface area contributed by atoms with Gasteiger partial charge in [-0.15, -0.1) is 0 Å². The molecule has 5 aromatic rings. The van der Waals surface area contributed by atoms with E-state index in [0.29, 0.717) is 22.1 Å². The summed E-state index contributed by atoms with van der Waals surface area (Å²) in [6, 6.07) is 12.6. The van der Waals surface area contributed by atoms with Crippen LogP contribution < -0.4 is 10.9 Å². The van der Waals surface area contributed by atoms with Crippen molar-refractivity contribution in [3.05, 3.63) is 100.0 Å². The molecule has 188 valence electrons. The van der Waals surface area contributed by atoms with Gasteiger partial charge in [-0.1, -0.05) is 6.07 Å². The van der Waals surface area contributed by atoms with Crippen molar-refractivity contribution >= 4 is 27.7 Å². The number of amides is 1. The Hall–Kier alpha value is -4.54. The lowest BCUT2D eigenvalue weighted by Crippen LogP contribution is -2.27. The Bertz CT molecular complexity index is 1720. The highest BCUT2D eigenvalue weighted by Crippen LogP contribution is 2.31. The normalized spacial score (nSPS) is 12.7. The number of hydrogen-bond donors (Lipinski definition) is 1. The molecule has 0 bridgehead atoms. The molecular formula is C26H19F4N5O2. The van der Waals surface area contributed by atoms with Gasteiger partial charge in [0.15, 0.2) is 0 Å². The van der Waals surface area contributed by atoms with Gasteiger partial charge in [-0.2, -0.15) is 22.7 Å². The zero-order valence-corrected chi connectivity index (χ0v) is 19.5. The first-order valence-electron chi connectivity index (χ1n) is 11.2. The van der Waals surface area contributed by atoms with Gasteiger partial charge in [0.1, 0.15) is 5.52 Å². The van der Waals surface area contributed by atoms with Crippen LogP contribution in [0.25, 0.3) is 27.5 Å². The number of carbonyl (C=O) groups is 1. The first-order valence-corrected chi connectivity index (χ1v) is 11.2. The molecule has 7 nitrogen and oxygen atoms in total. The highest BCUT2D eigenvalue weighted by atomic mass is 19.4. The largest absolute Gasteiger partial charge is 0.416 e. The number of rotatable bonds is 4. The number of hydrogen-bond acceptors (Lipinski definition) is 4. The van der Waals surface area contributed by atoms with E-state index in [1.807, 2.05) is 0 Å². The molecule has 1 atom stereocenters. The summed E-state index contributed by atoms with van der Waals surface area (Å²) in [4.78, 5) is 30.2. The highest BCUT2D eigenvalue weighted by Gasteiger charge is 2.30. The fraction of sp³-hybridized carbons (Fsp3) is 0.154. The van der Waals surface area contributed by atoms with E-state index in [1.54, 1.807) is 32.2 Å². The molecule has 0 aliphatic heterocycles. The summed E-state index contributed by atoms with van der Waals surface area (Å²) in [5.74, 6) is -1.13. The van der Waals surface area contributed by atoms with Crippen molar-refractivity contribution in [3.63, 3.8) is 0 Å². The van der Waals surface area contributed by atoms with E-state index in [2.05, 4.69) is 15.4 Å². The van der Waals surface area contributed by atoms with Crippen molar-refractivity contribution in [1.82, 2.24) is 24.6 Å². The molecule has 1 amide bonds. The minimum Gasteiger partial charge on any atom is -0.344 e. The van der Waals surface area contributed by atoms with Crippen molar-refractivity contribution in [1.29, 1.82) is 0 Å². The molecule has 0 saturated carbocycles.